The van der Waals surface area contributed by atoms with Gasteiger partial charge < -0.3 is 10.5 Å². The molecule has 5 heteroatoms. The van der Waals surface area contributed by atoms with Gasteiger partial charge in [0.15, 0.2) is 0 Å². The Bertz CT molecular complexity index is 327. The highest BCUT2D eigenvalue weighted by Gasteiger charge is 2.21. The number of nitrogens with two attached hydrogens (primary N) is 1. The molecule has 2 unspecified atom stereocenters. The summed E-state index contributed by atoms with van der Waals surface area (Å²) in [6, 6.07) is -0.0724. The summed E-state index contributed by atoms with van der Waals surface area (Å²) >= 11 is 6.12. The zero-order valence-corrected chi connectivity index (χ0v) is 10.9. The average molecular weight is 246 g/mol. The Morgan fingerprint density at radius 3 is 2.88 bits per heavy atom. The van der Waals surface area contributed by atoms with E-state index < -0.39 is 0 Å². The highest BCUT2D eigenvalue weighted by atomic mass is 35.5. The zero-order valence-electron chi connectivity index (χ0n) is 10.1. The predicted molar refractivity (Wildman–Crippen MR) is 65.5 cm³/mol. The van der Waals surface area contributed by atoms with E-state index >= 15 is 0 Å². The third kappa shape index (κ3) is 2.97. The molecule has 0 saturated carbocycles. The van der Waals surface area contributed by atoms with Gasteiger partial charge in [0.2, 0.25) is 0 Å². The summed E-state index contributed by atoms with van der Waals surface area (Å²) in [5.41, 5.74) is 7.09. The number of halogens is 1. The molecule has 4 nitrogen and oxygen atoms in total. The summed E-state index contributed by atoms with van der Waals surface area (Å²) in [5.74, 6) is 0.385. The first-order chi connectivity index (χ1) is 7.61. The van der Waals surface area contributed by atoms with Crippen molar-refractivity contribution in [3.05, 3.63) is 16.9 Å². The van der Waals surface area contributed by atoms with E-state index in [0.717, 1.165) is 12.1 Å². The second kappa shape index (κ2) is 6.23. The molecule has 1 rings (SSSR count). The van der Waals surface area contributed by atoms with Crippen LogP contribution in [0.4, 0.5) is 0 Å². The van der Waals surface area contributed by atoms with Gasteiger partial charge in [0.25, 0.3) is 0 Å². The maximum atomic E-state index is 6.18. The maximum absolute atomic E-state index is 6.18. The predicted octanol–water partition coefficient (Wildman–Crippen LogP) is 2.23. The van der Waals surface area contributed by atoms with Gasteiger partial charge in [0, 0.05) is 7.11 Å². The minimum absolute atomic E-state index is 0.0724. The highest BCUT2D eigenvalue weighted by molar-refractivity contribution is 6.31. The lowest BCUT2D eigenvalue weighted by molar-refractivity contribution is 0.181. The summed E-state index contributed by atoms with van der Waals surface area (Å²) in [5, 5.41) is 4.86. The Morgan fingerprint density at radius 1 is 1.62 bits per heavy atom. The first kappa shape index (κ1) is 13.5. The highest BCUT2D eigenvalue weighted by Crippen LogP contribution is 2.27. The molecular weight excluding hydrogens is 226 g/mol. The molecule has 0 aromatic carbocycles. The Balaban J connectivity index is 2.87. The lowest BCUT2D eigenvalue weighted by Crippen LogP contribution is -2.23. The molecule has 0 aliphatic rings. The molecule has 0 amide bonds. The largest absolute Gasteiger partial charge is 0.383 e. The van der Waals surface area contributed by atoms with Crippen LogP contribution >= 0.6 is 11.6 Å². The third-order valence-electron chi connectivity index (χ3n) is 2.91. The molecule has 0 saturated heterocycles. The van der Waals surface area contributed by atoms with Crippen molar-refractivity contribution in [3.8, 4) is 0 Å². The zero-order chi connectivity index (χ0) is 12.1. The van der Waals surface area contributed by atoms with Crippen LogP contribution in [0.15, 0.2) is 6.20 Å². The number of nitrogens with zero attached hydrogens (tertiary/aromatic N) is 2. The van der Waals surface area contributed by atoms with Crippen LogP contribution in [0.2, 0.25) is 5.02 Å². The molecular formula is C11H20ClN3O. The van der Waals surface area contributed by atoms with E-state index in [0.29, 0.717) is 24.1 Å². The summed E-state index contributed by atoms with van der Waals surface area (Å²) in [6.45, 7) is 5.53. The molecule has 0 radical (unpaired) electrons. The van der Waals surface area contributed by atoms with Crippen molar-refractivity contribution in [3.63, 3.8) is 0 Å². The lowest BCUT2D eigenvalue weighted by atomic mass is 9.97. The average Bonchev–Trinajstić information content (AvgIpc) is 2.65. The van der Waals surface area contributed by atoms with Crippen LogP contribution in [0.5, 0.6) is 0 Å². The number of hydrogen-bond acceptors (Lipinski definition) is 3. The van der Waals surface area contributed by atoms with Gasteiger partial charge in [-0.15, -0.1) is 0 Å². The topological polar surface area (TPSA) is 53.1 Å². The molecule has 0 aliphatic heterocycles. The standard InChI is InChI=1S/C11H20ClN3O/c1-4-8(2)10(13)11-9(12)7-14-15(11)5-6-16-3/h7-8,10H,4-6,13H2,1-3H3. The molecule has 2 N–H and O–H groups in total. The van der Waals surface area contributed by atoms with E-state index in [2.05, 4.69) is 18.9 Å². The van der Waals surface area contributed by atoms with E-state index in [1.54, 1.807) is 13.3 Å². The number of ether oxygens (including phenoxy) is 1. The van der Waals surface area contributed by atoms with Crippen LogP contribution < -0.4 is 5.73 Å². The fourth-order valence-electron chi connectivity index (χ4n) is 1.58. The van der Waals surface area contributed by atoms with Gasteiger partial charge in [-0.3, -0.25) is 4.68 Å². The van der Waals surface area contributed by atoms with Crippen LogP contribution in [-0.4, -0.2) is 23.5 Å². The van der Waals surface area contributed by atoms with Crippen molar-refractivity contribution >= 4 is 11.6 Å². The molecule has 92 valence electrons. The van der Waals surface area contributed by atoms with E-state index in [9.17, 15) is 0 Å². The quantitative estimate of drug-likeness (QED) is 0.836. The summed E-state index contributed by atoms with van der Waals surface area (Å²) in [7, 11) is 1.67. The van der Waals surface area contributed by atoms with Crippen LogP contribution in [0.3, 0.4) is 0 Å². The second-order valence-electron chi connectivity index (χ2n) is 4.01. The molecule has 1 aromatic heterocycles. The van der Waals surface area contributed by atoms with Gasteiger partial charge in [-0.25, -0.2) is 0 Å². The van der Waals surface area contributed by atoms with Crippen molar-refractivity contribution in [1.29, 1.82) is 0 Å². The van der Waals surface area contributed by atoms with Crippen LogP contribution in [0, 0.1) is 5.92 Å². The van der Waals surface area contributed by atoms with E-state index in [-0.39, 0.29) is 6.04 Å². The van der Waals surface area contributed by atoms with Crippen LogP contribution in [-0.2, 0) is 11.3 Å². The van der Waals surface area contributed by atoms with Gasteiger partial charge in [0.05, 0.1) is 36.1 Å². The van der Waals surface area contributed by atoms with E-state index in [1.165, 1.54) is 0 Å². The summed E-state index contributed by atoms with van der Waals surface area (Å²) in [6.07, 6.45) is 2.67. The Hall–Kier alpha value is -0.580. The van der Waals surface area contributed by atoms with Crippen molar-refractivity contribution < 1.29 is 4.74 Å². The SMILES string of the molecule is CCC(C)C(N)c1c(Cl)cnn1CCOC. The van der Waals surface area contributed by atoms with Crippen LogP contribution in [0.25, 0.3) is 0 Å². The number of rotatable bonds is 6. The van der Waals surface area contributed by atoms with Crippen LogP contribution in [0.1, 0.15) is 32.0 Å². The van der Waals surface area contributed by atoms with Crippen molar-refractivity contribution in [1.82, 2.24) is 9.78 Å². The second-order valence-corrected chi connectivity index (χ2v) is 4.41. The monoisotopic (exact) mass is 245 g/mol. The molecule has 1 aromatic rings. The fourth-order valence-corrected chi connectivity index (χ4v) is 1.85. The van der Waals surface area contributed by atoms with Gasteiger partial charge in [-0.1, -0.05) is 31.9 Å². The Morgan fingerprint density at radius 2 is 2.31 bits per heavy atom. The number of hydrogen-bond donors (Lipinski definition) is 1. The fraction of sp³-hybridized carbons (Fsp3) is 0.727. The minimum atomic E-state index is -0.0724. The summed E-state index contributed by atoms with van der Waals surface area (Å²) in [4.78, 5) is 0. The molecule has 16 heavy (non-hydrogen) atoms. The van der Waals surface area contributed by atoms with E-state index in [1.807, 2.05) is 4.68 Å². The van der Waals surface area contributed by atoms with Gasteiger partial charge >= 0.3 is 0 Å². The number of aromatic nitrogens is 2. The third-order valence-corrected chi connectivity index (χ3v) is 3.20. The normalized spacial score (nSPS) is 15.1. The van der Waals surface area contributed by atoms with Gasteiger partial charge in [0.1, 0.15) is 0 Å². The first-order valence-corrected chi connectivity index (χ1v) is 5.95. The molecule has 1 heterocycles. The minimum Gasteiger partial charge on any atom is -0.383 e. The molecule has 2 atom stereocenters. The maximum Gasteiger partial charge on any atom is 0.0834 e. The first-order valence-electron chi connectivity index (χ1n) is 5.57. The van der Waals surface area contributed by atoms with Gasteiger partial charge in [-0.2, -0.15) is 5.10 Å². The van der Waals surface area contributed by atoms with Crippen molar-refractivity contribution in [2.24, 2.45) is 11.7 Å². The molecule has 0 aliphatic carbocycles. The molecule has 0 bridgehead atoms. The lowest BCUT2D eigenvalue weighted by Gasteiger charge is -2.20. The van der Waals surface area contributed by atoms with Gasteiger partial charge in [-0.05, 0) is 5.92 Å². The Kier molecular flexibility index (Phi) is 5.25. The molecule has 0 fully saturated rings. The van der Waals surface area contributed by atoms with Crippen molar-refractivity contribution in [2.75, 3.05) is 13.7 Å². The smallest absolute Gasteiger partial charge is 0.0834 e. The number of methoxy groups -OCH3 is 1. The van der Waals surface area contributed by atoms with E-state index in [4.69, 9.17) is 22.1 Å². The van der Waals surface area contributed by atoms with Crippen molar-refractivity contribution in [2.45, 2.75) is 32.9 Å². The molecule has 0 spiro atoms. The summed E-state index contributed by atoms with van der Waals surface area (Å²) < 4.78 is 6.87. The Labute approximate surface area is 102 Å².